The number of carbonyl (C=O) groups excluding carboxylic acids is 1. The summed E-state index contributed by atoms with van der Waals surface area (Å²) in [7, 11) is 0. The van der Waals surface area contributed by atoms with E-state index in [0.29, 0.717) is 29.3 Å². The van der Waals surface area contributed by atoms with Crippen molar-refractivity contribution in [1.29, 1.82) is 0 Å². The Labute approximate surface area is 168 Å². The van der Waals surface area contributed by atoms with Gasteiger partial charge in [0, 0.05) is 18.7 Å². The highest BCUT2D eigenvalue weighted by molar-refractivity contribution is 6.32. The van der Waals surface area contributed by atoms with Gasteiger partial charge in [-0.1, -0.05) is 24.6 Å². The number of hydrogen-bond donors (Lipinski definition) is 1. The molecule has 1 fully saturated rings. The predicted octanol–water partition coefficient (Wildman–Crippen LogP) is 5.03. The van der Waals surface area contributed by atoms with E-state index in [1.54, 1.807) is 12.1 Å². The Bertz CT molecular complexity index is 952. The van der Waals surface area contributed by atoms with Crippen LogP contribution in [0.3, 0.4) is 0 Å². The Balaban J connectivity index is 1.68. The molecule has 0 aromatic heterocycles. The Morgan fingerprint density at radius 3 is 2.93 bits per heavy atom. The van der Waals surface area contributed by atoms with Gasteiger partial charge in [0.25, 0.3) is 0 Å². The molecule has 28 heavy (non-hydrogen) atoms. The van der Waals surface area contributed by atoms with Gasteiger partial charge in [-0.15, -0.1) is 0 Å². The van der Waals surface area contributed by atoms with Gasteiger partial charge in [0.05, 0.1) is 16.1 Å². The van der Waals surface area contributed by atoms with Gasteiger partial charge in [-0.05, 0) is 55.6 Å². The van der Waals surface area contributed by atoms with Gasteiger partial charge in [0.1, 0.15) is 17.3 Å². The van der Waals surface area contributed by atoms with Crippen LogP contribution < -0.4 is 4.74 Å². The van der Waals surface area contributed by atoms with E-state index in [4.69, 9.17) is 16.3 Å². The number of piperidine rings is 1. The number of likely N-dealkylation sites (tertiary alicyclic amines) is 1. The van der Waals surface area contributed by atoms with E-state index in [1.165, 1.54) is 30.7 Å². The minimum atomic E-state index is -0.530. The third-order valence-electron chi connectivity index (χ3n) is 5.31. The lowest BCUT2D eigenvalue weighted by Gasteiger charge is -2.31. The summed E-state index contributed by atoms with van der Waals surface area (Å²) < 4.78 is 19.9. The standard InChI is InChI=1S/C22H21ClFNO3/c1-13-4-3-9-25(11-13)12-16-19(26)8-7-14-21(27)20(28-22(14)16)10-15-17(23)5-2-6-18(15)24/h2,5-8,10,13,26H,3-4,9,11-12H2,1H3/b20-10-/t13-/m1/s1. The lowest BCUT2D eigenvalue weighted by Crippen LogP contribution is -2.33. The number of aromatic hydroxyl groups is 1. The van der Waals surface area contributed by atoms with Crippen LogP contribution in [0.15, 0.2) is 36.1 Å². The van der Waals surface area contributed by atoms with Crippen molar-refractivity contribution in [1.82, 2.24) is 4.90 Å². The van der Waals surface area contributed by atoms with E-state index in [0.717, 1.165) is 19.5 Å². The van der Waals surface area contributed by atoms with Crippen molar-refractivity contribution < 1.29 is 19.0 Å². The highest BCUT2D eigenvalue weighted by Gasteiger charge is 2.32. The van der Waals surface area contributed by atoms with Crippen molar-refractivity contribution in [3.63, 3.8) is 0 Å². The average molecular weight is 402 g/mol. The first-order chi connectivity index (χ1) is 13.4. The third-order valence-corrected chi connectivity index (χ3v) is 5.64. The number of ketones is 1. The summed E-state index contributed by atoms with van der Waals surface area (Å²) in [6, 6.07) is 7.39. The quantitative estimate of drug-likeness (QED) is 0.732. The Hall–Kier alpha value is -2.37. The second-order valence-electron chi connectivity index (χ2n) is 7.50. The molecule has 0 amide bonds. The molecule has 0 aliphatic carbocycles. The summed E-state index contributed by atoms with van der Waals surface area (Å²) in [5.41, 5.74) is 1.07. The van der Waals surface area contributed by atoms with Gasteiger partial charge in [0.15, 0.2) is 5.76 Å². The van der Waals surface area contributed by atoms with Crippen LogP contribution >= 0.6 is 11.6 Å². The number of halogens is 2. The van der Waals surface area contributed by atoms with E-state index >= 15 is 0 Å². The van der Waals surface area contributed by atoms with Crippen LogP contribution in [0, 0.1) is 11.7 Å². The lowest BCUT2D eigenvalue weighted by molar-refractivity contribution is 0.101. The molecule has 0 radical (unpaired) electrons. The Morgan fingerprint density at radius 2 is 2.18 bits per heavy atom. The van der Waals surface area contributed by atoms with Crippen LogP contribution in [0.2, 0.25) is 5.02 Å². The number of ether oxygens (including phenoxy) is 1. The SMILES string of the molecule is C[C@@H]1CCCN(Cc2c(O)ccc3c2O/C(=C\c2c(F)cccc2Cl)C3=O)C1. The highest BCUT2D eigenvalue weighted by Crippen LogP contribution is 2.41. The zero-order valence-corrected chi connectivity index (χ0v) is 16.3. The van der Waals surface area contributed by atoms with Crippen LogP contribution in [-0.4, -0.2) is 28.9 Å². The molecule has 2 aromatic carbocycles. The van der Waals surface area contributed by atoms with Gasteiger partial charge in [-0.2, -0.15) is 0 Å². The summed E-state index contributed by atoms with van der Waals surface area (Å²) in [5.74, 6) is 0.159. The van der Waals surface area contributed by atoms with E-state index in [-0.39, 0.29) is 27.9 Å². The van der Waals surface area contributed by atoms with E-state index < -0.39 is 5.82 Å². The first kappa shape index (κ1) is 19.0. The third kappa shape index (κ3) is 3.52. The van der Waals surface area contributed by atoms with Crippen molar-refractivity contribution in [3.8, 4) is 11.5 Å². The lowest BCUT2D eigenvalue weighted by atomic mass is 9.99. The Morgan fingerprint density at radius 1 is 1.36 bits per heavy atom. The molecule has 6 heteroatoms. The zero-order valence-electron chi connectivity index (χ0n) is 15.5. The van der Waals surface area contributed by atoms with Gasteiger partial charge < -0.3 is 9.84 Å². The normalized spacial score (nSPS) is 21.0. The molecule has 2 aliphatic rings. The van der Waals surface area contributed by atoms with Crippen molar-refractivity contribution in [2.24, 2.45) is 5.92 Å². The molecular formula is C22H21ClFNO3. The van der Waals surface area contributed by atoms with E-state index in [2.05, 4.69) is 11.8 Å². The molecule has 1 N–H and O–H groups in total. The predicted molar refractivity (Wildman–Crippen MR) is 106 cm³/mol. The molecule has 2 aliphatic heterocycles. The van der Waals surface area contributed by atoms with Crippen molar-refractivity contribution in [2.75, 3.05) is 13.1 Å². The maximum atomic E-state index is 14.1. The summed E-state index contributed by atoms with van der Waals surface area (Å²) in [5, 5.41) is 10.6. The van der Waals surface area contributed by atoms with Crippen LogP contribution in [0.1, 0.15) is 41.3 Å². The van der Waals surface area contributed by atoms with E-state index in [1.807, 2.05) is 0 Å². The first-order valence-corrected chi connectivity index (χ1v) is 9.77. The number of phenols is 1. The summed E-state index contributed by atoms with van der Waals surface area (Å²) >= 11 is 6.07. The molecule has 0 spiro atoms. The second kappa shape index (κ2) is 7.57. The smallest absolute Gasteiger partial charge is 0.231 e. The minimum Gasteiger partial charge on any atom is -0.507 e. The summed E-state index contributed by atoms with van der Waals surface area (Å²) in [4.78, 5) is 15.0. The largest absolute Gasteiger partial charge is 0.507 e. The minimum absolute atomic E-state index is 0.000798. The molecule has 0 unspecified atom stereocenters. The number of hydrogen-bond acceptors (Lipinski definition) is 4. The zero-order chi connectivity index (χ0) is 19.8. The van der Waals surface area contributed by atoms with Gasteiger partial charge in [0.2, 0.25) is 5.78 Å². The van der Waals surface area contributed by atoms with Crippen LogP contribution in [0.4, 0.5) is 4.39 Å². The molecule has 0 saturated carbocycles. The molecule has 146 valence electrons. The molecule has 1 saturated heterocycles. The van der Waals surface area contributed by atoms with Crippen LogP contribution in [-0.2, 0) is 6.54 Å². The molecule has 1 atom stereocenters. The van der Waals surface area contributed by atoms with Gasteiger partial charge >= 0.3 is 0 Å². The number of allylic oxidation sites excluding steroid dienone is 1. The summed E-state index contributed by atoms with van der Waals surface area (Å²) in [6.45, 7) is 4.58. The number of rotatable bonds is 3. The maximum Gasteiger partial charge on any atom is 0.231 e. The fourth-order valence-corrected chi connectivity index (χ4v) is 4.10. The number of carbonyl (C=O) groups is 1. The first-order valence-electron chi connectivity index (χ1n) is 9.39. The van der Waals surface area contributed by atoms with Gasteiger partial charge in [-0.3, -0.25) is 9.69 Å². The van der Waals surface area contributed by atoms with Crippen molar-refractivity contribution >= 4 is 23.5 Å². The fraction of sp³-hybridized carbons (Fsp3) is 0.318. The monoisotopic (exact) mass is 401 g/mol. The molecule has 2 aromatic rings. The van der Waals surface area contributed by atoms with Crippen molar-refractivity contribution in [3.05, 3.63) is 63.6 Å². The van der Waals surface area contributed by atoms with Gasteiger partial charge in [-0.25, -0.2) is 4.39 Å². The maximum absolute atomic E-state index is 14.1. The second-order valence-corrected chi connectivity index (χ2v) is 7.90. The fourth-order valence-electron chi connectivity index (χ4n) is 3.88. The molecule has 2 heterocycles. The Kier molecular flexibility index (Phi) is 5.13. The molecule has 4 rings (SSSR count). The molecule has 0 bridgehead atoms. The van der Waals surface area contributed by atoms with E-state index in [9.17, 15) is 14.3 Å². The topological polar surface area (TPSA) is 49.8 Å². The number of Topliss-reactive ketones (excluding diaryl/α,β-unsaturated/α-hetero) is 1. The van der Waals surface area contributed by atoms with Crippen LogP contribution in [0.25, 0.3) is 6.08 Å². The number of benzene rings is 2. The average Bonchev–Trinajstić information content (AvgIpc) is 2.97. The summed E-state index contributed by atoms with van der Waals surface area (Å²) in [6.07, 6.45) is 3.62. The van der Waals surface area contributed by atoms with Crippen LogP contribution in [0.5, 0.6) is 11.5 Å². The number of phenolic OH excluding ortho intramolecular Hbond substituents is 1. The number of fused-ring (bicyclic) bond motifs is 1. The highest BCUT2D eigenvalue weighted by atomic mass is 35.5. The molecule has 4 nitrogen and oxygen atoms in total. The van der Waals surface area contributed by atoms with Crippen molar-refractivity contribution in [2.45, 2.75) is 26.3 Å². The molecular weight excluding hydrogens is 381 g/mol. The number of nitrogens with zero attached hydrogens (tertiary/aromatic N) is 1.